The lowest BCUT2D eigenvalue weighted by Crippen LogP contribution is -2.44. The first-order valence-corrected chi connectivity index (χ1v) is 6.41. The Bertz CT molecular complexity index is 307. The van der Waals surface area contributed by atoms with E-state index >= 15 is 0 Å². The van der Waals surface area contributed by atoms with Gasteiger partial charge in [-0.15, -0.1) is 0 Å². The van der Waals surface area contributed by atoms with Gasteiger partial charge in [-0.1, -0.05) is 6.08 Å². The Labute approximate surface area is 103 Å². The van der Waals surface area contributed by atoms with E-state index in [-0.39, 0.29) is 5.97 Å². The average molecular weight is 238 g/mol. The van der Waals surface area contributed by atoms with Gasteiger partial charge in [-0.05, 0) is 51.9 Å². The molecule has 0 aromatic heterocycles. The summed E-state index contributed by atoms with van der Waals surface area (Å²) in [4.78, 5) is 13.9. The number of esters is 1. The van der Waals surface area contributed by atoms with Crippen molar-refractivity contribution in [1.29, 1.82) is 0 Å². The number of nitrogens with zero attached hydrogens (tertiary/aromatic N) is 1. The Morgan fingerprint density at radius 3 is 2.82 bits per heavy atom. The minimum atomic E-state index is -0.163. The highest BCUT2D eigenvalue weighted by atomic mass is 16.5. The van der Waals surface area contributed by atoms with Gasteiger partial charge in [0.05, 0.1) is 7.11 Å². The van der Waals surface area contributed by atoms with E-state index in [0.717, 1.165) is 31.6 Å². The Kier molecular flexibility index (Phi) is 4.18. The second-order valence-electron chi connectivity index (χ2n) is 5.05. The Balaban J connectivity index is 1.98. The van der Waals surface area contributed by atoms with Crippen LogP contribution in [0, 0.1) is 5.92 Å². The fourth-order valence-corrected chi connectivity index (χ4v) is 2.72. The number of ether oxygens (including phenoxy) is 1. The smallest absolute Gasteiger partial charge is 0.333 e. The molecule has 0 amide bonds. The molecule has 96 valence electrons. The van der Waals surface area contributed by atoms with Crippen LogP contribution in [0.15, 0.2) is 11.6 Å². The monoisotopic (exact) mass is 238 g/mol. The van der Waals surface area contributed by atoms with Gasteiger partial charge < -0.3 is 15.0 Å². The summed E-state index contributed by atoms with van der Waals surface area (Å²) in [5.41, 5.74) is 0.843. The van der Waals surface area contributed by atoms with Crippen LogP contribution in [0.4, 0.5) is 0 Å². The van der Waals surface area contributed by atoms with Crippen LogP contribution in [0.5, 0.6) is 0 Å². The lowest BCUT2D eigenvalue weighted by molar-refractivity contribution is -0.136. The zero-order chi connectivity index (χ0) is 12.3. The number of methoxy groups -OCH3 is 1. The molecule has 4 heteroatoms. The minimum Gasteiger partial charge on any atom is -0.466 e. The van der Waals surface area contributed by atoms with Crippen LogP contribution in [0.3, 0.4) is 0 Å². The summed E-state index contributed by atoms with van der Waals surface area (Å²) in [6.07, 6.45) is 5.29. The Morgan fingerprint density at radius 1 is 1.47 bits per heavy atom. The number of likely N-dealkylation sites (tertiary alicyclic amines) is 1. The summed E-state index contributed by atoms with van der Waals surface area (Å²) >= 11 is 0. The normalized spacial score (nSPS) is 27.6. The second-order valence-corrected chi connectivity index (χ2v) is 5.05. The highest BCUT2D eigenvalue weighted by molar-refractivity contribution is 5.88. The van der Waals surface area contributed by atoms with Crippen LogP contribution >= 0.6 is 0 Å². The minimum absolute atomic E-state index is 0.163. The topological polar surface area (TPSA) is 41.6 Å². The number of piperidine rings is 1. The van der Waals surface area contributed by atoms with Crippen molar-refractivity contribution in [3.63, 3.8) is 0 Å². The number of carbonyl (C=O) groups is 1. The molecule has 2 rings (SSSR count). The molecule has 0 aromatic carbocycles. The van der Waals surface area contributed by atoms with E-state index in [1.165, 1.54) is 20.0 Å². The van der Waals surface area contributed by atoms with Gasteiger partial charge in [0.1, 0.15) is 0 Å². The highest BCUT2D eigenvalue weighted by Gasteiger charge is 2.27. The maximum atomic E-state index is 11.5. The largest absolute Gasteiger partial charge is 0.466 e. The van der Waals surface area contributed by atoms with Crippen molar-refractivity contribution in [2.24, 2.45) is 5.92 Å². The van der Waals surface area contributed by atoms with Crippen molar-refractivity contribution < 1.29 is 9.53 Å². The van der Waals surface area contributed by atoms with E-state index in [4.69, 9.17) is 4.74 Å². The molecule has 0 saturated carbocycles. The quantitative estimate of drug-likeness (QED) is 0.722. The SMILES string of the molecule is COC(=O)C1=CC(C2CCN(C)CC2)NCC1. The zero-order valence-corrected chi connectivity index (χ0v) is 10.7. The summed E-state index contributed by atoms with van der Waals surface area (Å²) in [7, 11) is 3.62. The maximum Gasteiger partial charge on any atom is 0.333 e. The molecule has 1 fully saturated rings. The van der Waals surface area contributed by atoms with Crippen LogP contribution in [0.25, 0.3) is 0 Å². The maximum absolute atomic E-state index is 11.5. The fraction of sp³-hybridized carbons (Fsp3) is 0.769. The van der Waals surface area contributed by atoms with Gasteiger partial charge in [0, 0.05) is 11.6 Å². The van der Waals surface area contributed by atoms with E-state index in [1.54, 1.807) is 0 Å². The molecule has 4 nitrogen and oxygen atoms in total. The van der Waals surface area contributed by atoms with Gasteiger partial charge in [0.25, 0.3) is 0 Å². The molecule has 1 saturated heterocycles. The van der Waals surface area contributed by atoms with Gasteiger partial charge in [-0.3, -0.25) is 0 Å². The molecular weight excluding hydrogens is 216 g/mol. The van der Waals surface area contributed by atoms with E-state index in [0.29, 0.717) is 12.0 Å². The third kappa shape index (κ3) is 3.07. The lowest BCUT2D eigenvalue weighted by Gasteiger charge is -2.35. The molecule has 1 atom stereocenters. The number of hydrogen-bond acceptors (Lipinski definition) is 4. The average Bonchev–Trinajstić information content (AvgIpc) is 2.39. The van der Waals surface area contributed by atoms with Crippen molar-refractivity contribution in [2.45, 2.75) is 25.3 Å². The number of hydrogen-bond donors (Lipinski definition) is 1. The molecular formula is C13H22N2O2. The molecule has 0 radical (unpaired) electrons. The molecule has 2 aliphatic rings. The number of carbonyl (C=O) groups excluding carboxylic acids is 1. The van der Waals surface area contributed by atoms with Crippen LogP contribution in [0.2, 0.25) is 0 Å². The fourth-order valence-electron chi connectivity index (χ4n) is 2.72. The van der Waals surface area contributed by atoms with E-state index in [1.807, 2.05) is 0 Å². The standard InChI is InChI=1S/C13H22N2O2/c1-15-7-4-10(5-8-15)12-9-11(3-6-14-12)13(16)17-2/h9-10,12,14H,3-8H2,1-2H3. The van der Waals surface area contributed by atoms with Gasteiger partial charge in [0.15, 0.2) is 0 Å². The van der Waals surface area contributed by atoms with Gasteiger partial charge in [-0.2, -0.15) is 0 Å². The summed E-state index contributed by atoms with van der Waals surface area (Å²) in [6.45, 7) is 3.20. The highest BCUT2D eigenvalue weighted by Crippen LogP contribution is 2.24. The lowest BCUT2D eigenvalue weighted by atomic mass is 9.86. The molecule has 2 heterocycles. The van der Waals surface area contributed by atoms with Crippen LogP contribution < -0.4 is 5.32 Å². The molecule has 0 spiro atoms. The molecule has 2 aliphatic heterocycles. The van der Waals surface area contributed by atoms with Crippen molar-refractivity contribution in [3.05, 3.63) is 11.6 Å². The summed E-state index contributed by atoms with van der Waals surface area (Å²) < 4.78 is 4.80. The third-order valence-electron chi connectivity index (χ3n) is 3.87. The van der Waals surface area contributed by atoms with Gasteiger partial charge in [-0.25, -0.2) is 4.79 Å². The molecule has 1 N–H and O–H groups in total. The van der Waals surface area contributed by atoms with Crippen LogP contribution in [-0.4, -0.2) is 50.7 Å². The van der Waals surface area contributed by atoms with Crippen molar-refractivity contribution >= 4 is 5.97 Å². The summed E-state index contributed by atoms with van der Waals surface area (Å²) in [5.74, 6) is 0.496. The molecule has 1 unspecified atom stereocenters. The third-order valence-corrected chi connectivity index (χ3v) is 3.87. The van der Waals surface area contributed by atoms with E-state index in [2.05, 4.69) is 23.3 Å². The van der Waals surface area contributed by atoms with Crippen molar-refractivity contribution in [2.75, 3.05) is 33.8 Å². The Hall–Kier alpha value is -0.870. The van der Waals surface area contributed by atoms with Crippen molar-refractivity contribution in [1.82, 2.24) is 10.2 Å². The first-order valence-electron chi connectivity index (χ1n) is 6.41. The second kappa shape index (κ2) is 5.65. The first-order chi connectivity index (χ1) is 8.20. The number of nitrogens with one attached hydrogen (secondary N) is 1. The van der Waals surface area contributed by atoms with Crippen LogP contribution in [0.1, 0.15) is 19.3 Å². The number of rotatable bonds is 2. The first kappa shape index (κ1) is 12.6. The Morgan fingerprint density at radius 2 is 2.18 bits per heavy atom. The summed E-state index contributed by atoms with van der Waals surface area (Å²) in [6, 6.07) is 0.353. The van der Waals surface area contributed by atoms with Crippen LogP contribution in [-0.2, 0) is 9.53 Å². The zero-order valence-electron chi connectivity index (χ0n) is 10.7. The van der Waals surface area contributed by atoms with E-state index < -0.39 is 0 Å². The van der Waals surface area contributed by atoms with Crippen molar-refractivity contribution in [3.8, 4) is 0 Å². The predicted octanol–water partition coefficient (Wildman–Crippen LogP) is 0.789. The molecule has 0 aliphatic carbocycles. The van der Waals surface area contributed by atoms with Gasteiger partial charge in [0.2, 0.25) is 0 Å². The predicted molar refractivity (Wildman–Crippen MR) is 66.7 cm³/mol. The van der Waals surface area contributed by atoms with E-state index in [9.17, 15) is 4.79 Å². The van der Waals surface area contributed by atoms with Gasteiger partial charge >= 0.3 is 5.97 Å². The summed E-state index contributed by atoms with van der Waals surface area (Å²) in [5, 5.41) is 3.51. The molecule has 17 heavy (non-hydrogen) atoms. The molecule has 0 aromatic rings. The molecule has 0 bridgehead atoms.